The molecule has 0 saturated heterocycles. The minimum absolute atomic E-state index is 0.0999. The number of benzene rings is 1. The van der Waals surface area contributed by atoms with Gasteiger partial charge in [0.1, 0.15) is 5.75 Å². The van der Waals surface area contributed by atoms with Crippen LogP contribution in [0.15, 0.2) is 36.7 Å². The molecule has 6 heteroatoms. The second kappa shape index (κ2) is 8.03. The van der Waals surface area contributed by atoms with E-state index in [0.29, 0.717) is 30.9 Å². The summed E-state index contributed by atoms with van der Waals surface area (Å²) in [6, 6.07) is 7.36. The van der Waals surface area contributed by atoms with Crippen molar-refractivity contribution in [2.75, 3.05) is 6.61 Å². The molecule has 1 aromatic heterocycles. The van der Waals surface area contributed by atoms with Crippen LogP contribution in [0.5, 0.6) is 5.75 Å². The van der Waals surface area contributed by atoms with Crippen molar-refractivity contribution in [2.24, 2.45) is 0 Å². The predicted molar refractivity (Wildman–Crippen MR) is 85.5 cm³/mol. The summed E-state index contributed by atoms with van der Waals surface area (Å²) in [6.45, 7) is 2.68. The van der Waals surface area contributed by atoms with Crippen LogP contribution in [0.1, 0.15) is 34.3 Å². The Balaban J connectivity index is 1.77. The minimum atomic E-state index is -0.822. The van der Waals surface area contributed by atoms with Gasteiger partial charge in [0.05, 0.1) is 12.2 Å². The van der Waals surface area contributed by atoms with Gasteiger partial charge in [-0.25, -0.2) is 0 Å². The Hall–Kier alpha value is -2.76. The molecule has 2 rings (SSSR count). The highest BCUT2D eigenvalue weighted by Gasteiger charge is 2.08. The maximum absolute atomic E-state index is 12.0. The Labute approximate surface area is 134 Å². The van der Waals surface area contributed by atoms with Gasteiger partial charge in [-0.15, -0.1) is 0 Å². The van der Waals surface area contributed by atoms with Crippen LogP contribution in [0.3, 0.4) is 0 Å². The highest BCUT2D eigenvalue weighted by Crippen LogP contribution is 2.13. The summed E-state index contributed by atoms with van der Waals surface area (Å²) in [5.41, 5.74) is 2.51. The van der Waals surface area contributed by atoms with Gasteiger partial charge in [-0.05, 0) is 36.6 Å². The molecule has 0 unspecified atom stereocenters. The molecule has 0 radical (unpaired) electrons. The average Bonchev–Trinajstić information content (AvgIpc) is 2.96. The molecule has 0 aliphatic carbocycles. The number of aromatic amines is 1. The van der Waals surface area contributed by atoms with Crippen LogP contribution < -0.4 is 10.1 Å². The van der Waals surface area contributed by atoms with Gasteiger partial charge in [0.25, 0.3) is 5.91 Å². The highest BCUT2D eigenvalue weighted by molar-refractivity contribution is 5.95. The van der Waals surface area contributed by atoms with Crippen molar-refractivity contribution < 1.29 is 19.4 Å². The summed E-state index contributed by atoms with van der Waals surface area (Å²) in [7, 11) is 0. The summed E-state index contributed by atoms with van der Waals surface area (Å²) < 4.78 is 5.46. The fraction of sp³-hybridized carbons (Fsp3) is 0.294. The number of ether oxygens (including phenoxy) is 1. The number of aryl methyl sites for hydroxylation is 1. The van der Waals surface area contributed by atoms with Crippen molar-refractivity contribution in [1.82, 2.24) is 10.3 Å². The SMILES string of the molecule is Cc1c[nH]cc1C(=O)NCc1ccc(OCCCC(=O)O)cc1. The quantitative estimate of drug-likeness (QED) is 0.653. The lowest BCUT2D eigenvalue weighted by molar-refractivity contribution is -0.137. The van der Waals surface area contributed by atoms with Gasteiger partial charge in [0.2, 0.25) is 0 Å². The number of amides is 1. The van der Waals surface area contributed by atoms with Crippen LogP contribution in [0, 0.1) is 6.92 Å². The van der Waals surface area contributed by atoms with E-state index in [0.717, 1.165) is 11.1 Å². The Kier molecular flexibility index (Phi) is 5.80. The molecular formula is C17H20N2O4. The van der Waals surface area contributed by atoms with Gasteiger partial charge in [0.15, 0.2) is 0 Å². The molecule has 0 atom stereocenters. The molecule has 0 bridgehead atoms. The van der Waals surface area contributed by atoms with Gasteiger partial charge in [0, 0.05) is 25.4 Å². The zero-order chi connectivity index (χ0) is 16.7. The van der Waals surface area contributed by atoms with Gasteiger partial charge >= 0.3 is 5.97 Å². The Morgan fingerprint density at radius 2 is 1.96 bits per heavy atom. The normalized spacial score (nSPS) is 10.3. The van der Waals surface area contributed by atoms with Crippen LogP contribution in [0.25, 0.3) is 0 Å². The Morgan fingerprint density at radius 1 is 1.22 bits per heavy atom. The summed E-state index contributed by atoms with van der Waals surface area (Å²) in [5, 5.41) is 11.4. The van der Waals surface area contributed by atoms with Crippen molar-refractivity contribution >= 4 is 11.9 Å². The molecule has 0 aliphatic rings. The van der Waals surface area contributed by atoms with Crippen LogP contribution in [-0.2, 0) is 11.3 Å². The number of carbonyl (C=O) groups excluding carboxylic acids is 1. The molecule has 0 aliphatic heterocycles. The van der Waals surface area contributed by atoms with E-state index < -0.39 is 5.97 Å². The second-order valence-electron chi connectivity index (χ2n) is 5.22. The number of H-pyrrole nitrogens is 1. The number of nitrogens with one attached hydrogen (secondary N) is 2. The lowest BCUT2D eigenvalue weighted by atomic mass is 10.2. The third-order valence-corrected chi connectivity index (χ3v) is 3.38. The van der Waals surface area contributed by atoms with Crippen LogP contribution in [0.4, 0.5) is 0 Å². The van der Waals surface area contributed by atoms with E-state index in [4.69, 9.17) is 9.84 Å². The van der Waals surface area contributed by atoms with Gasteiger partial charge in [-0.2, -0.15) is 0 Å². The largest absolute Gasteiger partial charge is 0.494 e. The molecule has 0 saturated carbocycles. The fourth-order valence-corrected chi connectivity index (χ4v) is 2.08. The van der Waals surface area contributed by atoms with Gasteiger partial charge < -0.3 is 20.1 Å². The van der Waals surface area contributed by atoms with E-state index in [1.54, 1.807) is 12.4 Å². The van der Waals surface area contributed by atoms with Crippen molar-refractivity contribution in [2.45, 2.75) is 26.3 Å². The van der Waals surface area contributed by atoms with Crippen LogP contribution in [-0.4, -0.2) is 28.6 Å². The molecule has 0 spiro atoms. The van der Waals surface area contributed by atoms with Crippen molar-refractivity contribution in [3.05, 3.63) is 53.3 Å². The van der Waals surface area contributed by atoms with E-state index in [-0.39, 0.29) is 12.3 Å². The van der Waals surface area contributed by atoms with Gasteiger partial charge in [-0.1, -0.05) is 12.1 Å². The number of aliphatic carboxylic acids is 1. The summed E-state index contributed by atoms with van der Waals surface area (Å²) in [5.74, 6) is -0.248. The van der Waals surface area contributed by atoms with E-state index in [1.165, 1.54) is 0 Å². The monoisotopic (exact) mass is 316 g/mol. The smallest absolute Gasteiger partial charge is 0.303 e. The molecule has 1 heterocycles. The van der Waals surface area contributed by atoms with Crippen molar-refractivity contribution in [3.8, 4) is 5.75 Å². The van der Waals surface area contributed by atoms with Crippen LogP contribution >= 0.6 is 0 Å². The molecule has 3 N–H and O–H groups in total. The molecule has 2 aromatic rings. The standard InChI is InChI=1S/C17H20N2O4/c1-12-9-18-11-15(12)17(22)19-10-13-4-6-14(7-5-13)23-8-2-3-16(20)21/h4-7,9,11,18H,2-3,8,10H2,1H3,(H,19,22)(H,20,21). The highest BCUT2D eigenvalue weighted by atomic mass is 16.5. The first-order chi connectivity index (χ1) is 11.1. The number of carboxylic acid groups (broad SMARTS) is 1. The number of aromatic nitrogens is 1. The zero-order valence-corrected chi connectivity index (χ0v) is 13.0. The number of carboxylic acids is 1. The maximum atomic E-state index is 12.0. The molecule has 1 aromatic carbocycles. The molecule has 0 fully saturated rings. The molecule has 6 nitrogen and oxygen atoms in total. The van der Waals surface area contributed by atoms with E-state index in [9.17, 15) is 9.59 Å². The van der Waals surface area contributed by atoms with Crippen LogP contribution in [0.2, 0.25) is 0 Å². The van der Waals surface area contributed by atoms with Crippen molar-refractivity contribution in [3.63, 3.8) is 0 Å². The third kappa shape index (κ3) is 5.18. The zero-order valence-electron chi connectivity index (χ0n) is 13.0. The Morgan fingerprint density at radius 3 is 2.57 bits per heavy atom. The number of hydrogen-bond donors (Lipinski definition) is 3. The van der Waals surface area contributed by atoms with E-state index in [1.807, 2.05) is 31.2 Å². The summed E-state index contributed by atoms with van der Waals surface area (Å²) >= 11 is 0. The predicted octanol–water partition coefficient (Wildman–Crippen LogP) is 2.50. The maximum Gasteiger partial charge on any atom is 0.303 e. The number of carbonyl (C=O) groups is 2. The lowest BCUT2D eigenvalue weighted by Gasteiger charge is -2.08. The molecule has 122 valence electrons. The Bertz CT molecular complexity index is 661. The first-order valence-corrected chi connectivity index (χ1v) is 7.41. The molecular weight excluding hydrogens is 296 g/mol. The first-order valence-electron chi connectivity index (χ1n) is 7.41. The number of hydrogen-bond acceptors (Lipinski definition) is 3. The summed E-state index contributed by atoms with van der Waals surface area (Å²) in [6.07, 6.45) is 4.04. The number of rotatable bonds is 8. The topological polar surface area (TPSA) is 91.4 Å². The molecule has 23 heavy (non-hydrogen) atoms. The third-order valence-electron chi connectivity index (χ3n) is 3.38. The average molecular weight is 316 g/mol. The van der Waals surface area contributed by atoms with E-state index >= 15 is 0 Å². The van der Waals surface area contributed by atoms with E-state index in [2.05, 4.69) is 10.3 Å². The van der Waals surface area contributed by atoms with Crippen molar-refractivity contribution in [1.29, 1.82) is 0 Å². The first kappa shape index (κ1) is 16.6. The minimum Gasteiger partial charge on any atom is -0.494 e. The van der Waals surface area contributed by atoms with Gasteiger partial charge in [-0.3, -0.25) is 9.59 Å². The fourth-order valence-electron chi connectivity index (χ4n) is 2.08. The summed E-state index contributed by atoms with van der Waals surface area (Å²) in [4.78, 5) is 25.3. The lowest BCUT2D eigenvalue weighted by Crippen LogP contribution is -2.22. The second-order valence-corrected chi connectivity index (χ2v) is 5.22. The molecule has 1 amide bonds.